The van der Waals surface area contributed by atoms with Crippen molar-refractivity contribution in [1.29, 1.82) is 0 Å². The van der Waals surface area contributed by atoms with Crippen LogP contribution >= 0.6 is 15.9 Å². The van der Waals surface area contributed by atoms with E-state index in [1.165, 1.54) is 12.1 Å². The van der Waals surface area contributed by atoms with E-state index in [9.17, 15) is 14.0 Å². The van der Waals surface area contributed by atoms with E-state index in [-0.39, 0.29) is 44.5 Å². The number of ether oxygens (including phenoxy) is 1. The van der Waals surface area contributed by atoms with E-state index < -0.39 is 17.2 Å². The Hall–Kier alpha value is -2.48. The Morgan fingerprint density at radius 3 is 2.83 bits per heavy atom. The number of nitrogens with zero attached hydrogens (tertiary/aromatic N) is 1. The average molecular weight is 381 g/mol. The van der Waals surface area contributed by atoms with Crippen molar-refractivity contribution >= 4 is 49.8 Å². The number of halogens is 2. The highest BCUT2D eigenvalue weighted by Crippen LogP contribution is 2.25. The molecule has 2 aromatic heterocycles. The van der Waals surface area contributed by atoms with Gasteiger partial charge in [-0.05, 0) is 35.0 Å². The van der Waals surface area contributed by atoms with Gasteiger partial charge in [-0.2, -0.15) is 4.98 Å². The van der Waals surface area contributed by atoms with Gasteiger partial charge in [0.25, 0.3) is 0 Å². The van der Waals surface area contributed by atoms with Gasteiger partial charge in [-0.15, -0.1) is 0 Å². The lowest BCUT2D eigenvalue weighted by molar-refractivity contribution is 0.0527. The number of anilines is 1. The minimum absolute atomic E-state index is 0.0211. The molecule has 0 aliphatic carbocycles. The molecule has 0 bridgehead atoms. The second kappa shape index (κ2) is 5.62. The van der Waals surface area contributed by atoms with Crippen LogP contribution in [-0.4, -0.2) is 17.6 Å². The number of fused-ring (bicyclic) bond motifs is 2. The third-order valence-corrected chi connectivity index (χ3v) is 3.84. The lowest BCUT2D eigenvalue weighted by Crippen LogP contribution is -2.12. The predicted octanol–water partition coefficient (Wildman–Crippen LogP) is 3.00. The SMILES string of the molecule is CCOC(=O)c1cc2c(=O)c3cc(Br)c(F)cc3oc2nc1N. The van der Waals surface area contributed by atoms with E-state index >= 15 is 0 Å². The van der Waals surface area contributed by atoms with Gasteiger partial charge in [-0.3, -0.25) is 4.79 Å². The normalized spacial score (nSPS) is 11.1. The lowest BCUT2D eigenvalue weighted by Gasteiger charge is -2.07. The van der Waals surface area contributed by atoms with Crippen LogP contribution in [0.4, 0.5) is 10.2 Å². The van der Waals surface area contributed by atoms with E-state index in [2.05, 4.69) is 20.9 Å². The summed E-state index contributed by atoms with van der Waals surface area (Å²) < 4.78 is 24.0. The fraction of sp³-hybridized carbons (Fsp3) is 0.133. The Labute approximate surface area is 137 Å². The van der Waals surface area contributed by atoms with Gasteiger partial charge in [0.1, 0.15) is 22.8 Å². The number of carbonyl (C=O) groups is 1. The molecule has 2 heterocycles. The third-order valence-electron chi connectivity index (χ3n) is 3.23. The van der Waals surface area contributed by atoms with Gasteiger partial charge in [-0.1, -0.05) is 0 Å². The number of rotatable bonds is 2. The van der Waals surface area contributed by atoms with Gasteiger partial charge in [-0.25, -0.2) is 9.18 Å². The van der Waals surface area contributed by atoms with Crippen LogP contribution in [0.1, 0.15) is 17.3 Å². The topological polar surface area (TPSA) is 95.4 Å². The van der Waals surface area contributed by atoms with Gasteiger partial charge >= 0.3 is 5.97 Å². The molecule has 8 heteroatoms. The standard InChI is InChI=1S/C15H10BrFN2O4/c1-2-22-15(21)8-3-7-12(20)6-4-9(16)10(17)5-11(6)23-14(7)19-13(8)18/h3-5H,2H2,1H3,(H2,18,19). The number of nitrogen functional groups attached to an aromatic ring is 1. The van der Waals surface area contributed by atoms with Crippen LogP contribution in [0.2, 0.25) is 0 Å². The number of esters is 1. The van der Waals surface area contributed by atoms with Gasteiger partial charge in [0, 0.05) is 6.07 Å². The van der Waals surface area contributed by atoms with Gasteiger partial charge in [0.05, 0.1) is 21.9 Å². The van der Waals surface area contributed by atoms with Crippen molar-refractivity contribution in [3.63, 3.8) is 0 Å². The zero-order valence-electron chi connectivity index (χ0n) is 11.9. The molecule has 0 saturated heterocycles. The van der Waals surface area contributed by atoms with E-state index in [1.807, 2.05) is 0 Å². The number of benzene rings is 1. The van der Waals surface area contributed by atoms with Crippen LogP contribution in [0.15, 0.2) is 31.9 Å². The molecule has 0 radical (unpaired) electrons. The summed E-state index contributed by atoms with van der Waals surface area (Å²) in [6.07, 6.45) is 0. The molecular formula is C15H10BrFN2O4. The summed E-state index contributed by atoms with van der Waals surface area (Å²) in [6, 6.07) is 3.67. The monoisotopic (exact) mass is 380 g/mol. The van der Waals surface area contributed by atoms with E-state index in [4.69, 9.17) is 14.9 Å². The van der Waals surface area contributed by atoms with Gasteiger partial charge < -0.3 is 14.9 Å². The van der Waals surface area contributed by atoms with E-state index in [0.717, 1.165) is 6.07 Å². The lowest BCUT2D eigenvalue weighted by atomic mass is 10.1. The summed E-state index contributed by atoms with van der Waals surface area (Å²) in [7, 11) is 0. The minimum atomic E-state index is -0.681. The highest BCUT2D eigenvalue weighted by atomic mass is 79.9. The summed E-state index contributed by atoms with van der Waals surface area (Å²) in [4.78, 5) is 28.3. The molecule has 0 amide bonds. The quantitative estimate of drug-likeness (QED) is 0.542. The number of pyridine rings is 1. The number of aromatic nitrogens is 1. The second-order valence-corrected chi connectivity index (χ2v) is 5.54. The number of nitrogens with two attached hydrogens (primary N) is 1. The van der Waals surface area contributed by atoms with Crippen LogP contribution < -0.4 is 11.2 Å². The maximum absolute atomic E-state index is 13.6. The smallest absolute Gasteiger partial charge is 0.341 e. The summed E-state index contributed by atoms with van der Waals surface area (Å²) >= 11 is 3.02. The summed E-state index contributed by atoms with van der Waals surface area (Å²) in [6.45, 7) is 1.81. The minimum Gasteiger partial charge on any atom is -0.462 e. The average Bonchev–Trinajstić information content (AvgIpc) is 2.49. The first kappa shape index (κ1) is 15.4. The molecule has 23 heavy (non-hydrogen) atoms. The molecule has 0 aliphatic rings. The highest BCUT2D eigenvalue weighted by Gasteiger charge is 2.18. The van der Waals surface area contributed by atoms with Crippen molar-refractivity contribution in [3.8, 4) is 0 Å². The van der Waals surface area contributed by atoms with Crippen molar-refractivity contribution in [2.45, 2.75) is 6.92 Å². The Balaban J connectivity index is 2.36. The zero-order valence-corrected chi connectivity index (χ0v) is 13.4. The highest BCUT2D eigenvalue weighted by molar-refractivity contribution is 9.10. The van der Waals surface area contributed by atoms with Crippen LogP contribution in [0.3, 0.4) is 0 Å². The second-order valence-electron chi connectivity index (χ2n) is 4.69. The summed E-state index contributed by atoms with van der Waals surface area (Å²) in [5.41, 5.74) is 5.21. The number of hydrogen-bond donors (Lipinski definition) is 1. The Morgan fingerprint density at radius 2 is 2.13 bits per heavy atom. The fourth-order valence-corrected chi connectivity index (χ4v) is 2.51. The van der Waals surface area contributed by atoms with Crippen molar-refractivity contribution in [2.75, 3.05) is 12.3 Å². The fourth-order valence-electron chi connectivity index (χ4n) is 2.16. The first-order valence-electron chi connectivity index (χ1n) is 6.61. The molecule has 0 spiro atoms. The molecule has 0 atom stereocenters. The molecule has 0 fully saturated rings. The number of carbonyl (C=O) groups excluding carboxylic acids is 1. The molecule has 0 aliphatic heterocycles. The van der Waals surface area contributed by atoms with Gasteiger partial charge in [0.15, 0.2) is 0 Å². The first-order chi connectivity index (χ1) is 10.9. The van der Waals surface area contributed by atoms with Crippen molar-refractivity contribution in [3.05, 3.63) is 44.3 Å². The molecule has 118 valence electrons. The zero-order chi connectivity index (χ0) is 16.7. The van der Waals surface area contributed by atoms with Crippen LogP contribution in [0.25, 0.3) is 22.1 Å². The molecule has 0 saturated carbocycles. The maximum Gasteiger partial charge on any atom is 0.341 e. The Kier molecular flexibility index (Phi) is 3.77. The molecule has 6 nitrogen and oxygen atoms in total. The molecular weight excluding hydrogens is 371 g/mol. The molecule has 3 rings (SSSR count). The van der Waals surface area contributed by atoms with E-state index in [0.29, 0.717) is 0 Å². The first-order valence-corrected chi connectivity index (χ1v) is 7.41. The molecule has 0 unspecified atom stereocenters. The van der Waals surface area contributed by atoms with Crippen molar-refractivity contribution in [2.24, 2.45) is 0 Å². The van der Waals surface area contributed by atoms with E-state index in [1.54, 1.807) is 6.92 Å². The summed E-state index contributed by atoms with van der Waals surface area (Å²) in [5, 5.41) is 0.223. The summed E-state index contributed by atoms with van der Waals surface area (Å²) in [5.74, 6) is -1.38. The predicted molar refractivity (Wildman–Crippen MR) is 85.8 cm³/mol. The van der Waals surface area contributed by atoms with Crippen molar-refractivity contribution in [1.82, 2.24) is 4.98 Å². The van der Waals surface area contributed by atoms with Crippen LogP contribution in [0.5, 0.6) is 0 Å². The van der Waals surface area contributed by atoms with Gasteiger partial charge in [0.2, 0.25) is 11.1 Å². The molecule has 2 N–H and O–H groups in total. The Bertz CT molecular complexity index is 1020. The van der Waals surface area contributed by atoms with Crippen molar-refractivity contribution < 1.29 is 18.3 Å². The van der Waals surface area contributed by atoms with Crippen LogP contribution in [0, 0.1) is 5.82 Å². The largest absolute Gasteiger partial charge is 0.462 e. The van der Waals surface area contributed by atoms with Crippen LogP contribution in [-0.2, 0) is 4.74 Å². The maximum atomic E-state index is 13.6. The molecule has 3 aromatic rings. The molecule has 1 aromatic carbocycles. The number of hydrogen-bond acceptors (Lipinski definition) is 6. The Morgan fingerprint density at radius 1 is 1.39 bits per heavy atom. The third kappa shape index (κ3) is 2.55.